The predicted octanol–water partition coefficient (Wildman–Crippen LogP) is 5.80. The van der Waals surface area contributed by atoms with Crippen molar-refractivity contribution in [1.82, 2.24) is 15.6 Å². The van der Waals surface area contributed by atoms with Gasteiger partial charge >= 0.3 is 0 Å². The number of aromatic amines is 1. The van der Waals surface area contributed by atoms with E-state index in [1.165, 1.54) is 0 Å². The molecule has 0 atom stereocenters. The summed E-state index contributed by atoms with van der Waals surface area (Å²) in [6.07, 6.45) is 1.69. The molecule has 1 amide bonds. The molecule has 0 saturated carbocycles. The average molecular weight is 425 g/mol. The molecule has 0 unspecified atom stereocenters. The van der Waals surface area contributed by atoms with Gasteiger partial charge in [-0.3, -0.25) is 9.89 Å². The summed E-state index contributed by atoms with van der Waals surface area (Å²) in [5.41, 5.74) is 5.40. The van der Waals surface area contributed by atoms with Crippen molar-refractivity contribution < 1.29 is 4.79 Å². The summed E-state index contributed by atoms with van der Waals surface area (Å²) >= 11 is 5.93. The van der Waals surface area contributed by atoms with Crippen molar-refractivity contribution in [3.05, 3.63) is 101 Å². The quantitative estimate of drug-likeness (QED) is 0.217. The molecule has 1 heterocycles. The van der Waals surface area contributed by atoms with Gasteiger partial charge in [0.1, 0.15) is 5.69 Å². The molecule has 6 heteroatoms. The van der Waals surface area contributed by atoms with Gasteiger partial charge in [-0.15, -0.1) is 0 Å². The molecule has 31 heavy (non-hydrogen) atoms. The van der Waals surface area contributed by atoms with Crippen LogP contribution in [0.2, 0.25) is 5.02 Å². The number of H-pyrrole nitrogens is 1. The summed E-state index contributed by atoms with van der Waals surface area (Å²) in [6.45, 7) is 0. The zero-order valence-corrected chi connectivity index (χ0v) is 17.1. The van der Waals surface area contributed by atoms with E-state index in [2.05, 4.69) is 51.1 Å². The zero-order valence-electron chi connectivity index (χ0n) is 16.3. The van der Waals surface area contributed by atoms with E-state index in [4.69, 9.17) is 11.6 Å². The van der Waals surface area contributed by atoms with Crippen LogP contribution in [0.1, 0.15) is 16.1 Å². The van der Waals surface area contributed by atoms with E-state index >= 15 is 0 Å². The van der Waals surface area contributed by atoms with E-state index in [1.807, 2.05) is 36.4 Å². The summed E-state index contributed by atoms with van der Waals surface area (Å²) in [5.74, 6) is -0.367. The van der Waals surface area contributed by atoms with E-state index < -0.39 is 0 Å². The maximum atomic E-state index is 12.5. The first-order valence-electron chi connectivity index (χ1n) is 9.74. The lowest BCUT2D eigenvalue weighted by molar-refractivity contribution is 0.0950. The maximum Gasteiger partial charge on any atom is 0.289 e. The summed E-state index contributed by atoms with van der Waals surface area (Å²) in [6, 6.07) is 27.4. The molecule has 0 aliphatic carbocycles. The number of fused-ring (bicyclic) bond motifs is 2. The van der Waals surface area contributed by atoms with E-state index in [0.717, 1.165) is 32.7 Å². The summed E-state index contributed by atoms with van der Waals surface area (Å²) in [5, 5.41) is 16.2. The number of hydrazone groups is 1. The Hall–Kier alpha value is -3.96. The van der Waals surface area contributed by atoms with Gasteiger partial charge in [-0.05, 0) is 45.8 Å². The standard InChI is InChI=1S/C25H17ClN4O/c26-19-11-9-16(10-12-19)23-14-24(29-28-23)25(31)30-27-15-22-20-7-3-1-5-17(20)13-18-6-2-4-8-21(18)22/h1-15H,(H,28,29)(H,30,31). The van der Waals surface area contributed by atoms with Gasteiger partial charge in [0, 0.05) is 16.1 Å². The van der Waals surface area contributed by atoms with Crippen molar-refractivity contribution in [3.63, 3.8) is 0 Å². The fourth-order valence-corrected chi connectivity index (χ4v) is 3.74. The normalized spacial score (nSPS) is 11.4. The number of carbonyl (C=O) groups excluding carboxylic acids is 1. The Morgan fingerprint density at radius 1 is 0.903 bits per heavy atom. The lowest BCUT2D eigenvalue weighted by Crippen LogP contribution is -2.18. The number of halogens is 1. The fourth-order valence-electron chi connectivity index (χ4n) is 3.61. The minimum absolute atomic E-state index is 0.324. The van der Waals surface area contributed by atoms with Gasteiger partial charge in [-0.2, -0.15) is 10.2 Å². The topological polar surface area (TPSA) is 70.1 Å². The number of amides is 1. The first-order valence-corrected chi connectivity index (χ1v) is 10.1. The van der Waals surface area contributed by atoms with E-state index in [0.29, 0.717) is 16.4 Å². The monoisotopic (exact) mass is 424 g/mol. The van der Waals surface area contributed by atoms with Crippen LogP contribution < -0.4 is 5.43 Å². The number of hydrogen-bond donors (Lipinski definition) is 2. The van der Waals surface area contributed by atoms with E-state index in [-0.39, 0.29) is 5.91 Å². The van der Waals surface area contributed by atoms with Crippen LogP contribution in [0, 0.1) is 0 Å². The summed E-state index contributed by atoms with van der Waals surface area (Å²) in [4.78, 5) is 12.5. The molecule has 0 bridgehead atoms. The predicted molar refractivity (Wildman–Crippen MR) is 126 cm³/mol. The Kier molecular flexibility index (Phi) is 4.94. The number of aromatic nitrogens is 2. The first kappa shape index (κ1) is 19.0. The second-order valence-corrected chi connectivity index (χ2v) is 7.54. The maximum absolute atomic E-state index is 12.5. The van der Waals surface area contributed by atoms with Gasteiger partial charge < -0.3 is 0 Å². The van der Waals surface area contributed by atoms with Crippen LogP contribution in [0.4, 0.5) is 0 Å². The van der Waals surface area contributed by atoms with Gasteiger partial charge in [-0.1, -0.05) is 72.3 Å². The van der Waals surface area contributed by atoms with Crippen LogP contribution >= 0.6 is 11.6 Å². The Morgan fingerprint density at radius 2 is 1.55 bits per heavy atom. The highest BCUT2D eigenvalue weighted by Crippen LogP contribution is 2.27. The van der Waals surface area contributed by atoms with Crippen LogP contribution in [-0.4, -0.2) is 22.3 Å². The number of nitrogens with zero attached hydrogens (tertiary/aromatic N) is 2. The number of rotatable bonds is 4. The Labute approximate surface area is 183 Å². The molecule has 0 radical (unpaired) electrons. The summed E-state index contributed by atoms with van der Waals surface area (Å²) in [7, 11) is 0. The lowest BCUT2D eigenvalue weighted by Gasteiger charge is -2.07. The Morgan fingerprint density at radius 3 is 2.23 bits per heavy atom. The van der Waals surface area contributed by atoms with Gasteiger partial charge in [0.15, 0.2) is 0 Å². The first-order chi connectivity index (χ1) is 15.2. The molecule has 5 nitrogen and oxygen atoms in total. The molecular weight excluding hydrogens is 408 g/mol. The average Bonchev–Trinajstić information content (AvgIpc) is 3.29. The molecule has 0 aliphatic rings. The van der Waals surface area contributed by atoms with Crippen LogP contribution in [0.15, 0.2) is 90.0 Å². The van der Waals surface area contributed by atoms with Gasteiger partial charge in [-0.25, -0.2) is 5.43 Å². The molecule has 2 N–H and O–H groups in total. The lowest BCUT2D eigenvalue weighted by atomic mass is 9.97. The molecule has 5 rings (SSSR count). The molecule has 0 spiro atoms. The van der Waals surface area contributed by atoms with Crippen molar-refractivity contribution in [2.75, 3.05) is 0 Å². The van der Waals surface area contributed by atoms with Crippen LogP contribution in [-0.2, 0) is 0 Å². The minimum atomic E-state index is -0.367. The SMILES string of the molecule is O=C(NN=Cc1c2ccccc2cc2ccccc12)c1cc(-c2ccc(Cl)cc2)n[nH]1. The van der Waals surface area contributed by atoms with Gasteiger partial charge in [0.05, 0.1) is 11.9 Å². The molecule has 1 aromatic heterocycles. The molecule has 5 aromatic rings. The smallest absolute Gasteiger partial charge is 0.272 e. The second-order valence-electron chi connectivity index (χ2n) is 7.11. The van der Waals surface area contributed by atoms with Gasteiger partial charge in [0.2, 0.25) is 0 Å². The third-order valence-electron chi connectivity index (χ3n) is 5.14. The molecule has 150 valence electrons. The van der Waals surface area contributed by atoms with Crippen molar-refractivity contribution in [2.45, 2.75) is 0 Å². The largest absolute Gasteiger partial charge is 0.289 e. The Bertz CT molecular complexity index is 1380. The third kappa shape index (κ3) is 3.79. The molecule has 0 fully saturated rings. The van der Waals surface area contributed by atoms with Crippen LogP contribution in [0.3, 0.4) is 0 Å². The minimum Gasteiger partial charge on any atom is -0.272 e. The van der Waals surface area contributed by atoms with Crippen molar-refractivity contribution in [3.8, 4) is 11.3 Å². The number of nitrogens with one attached hydrogen (secondary N) is 2. The van der Waals surface area contributed by atoms with Crippen molar-refractivity contribution in [2.24, 2.45) is 5.10 Å². The number of carbonyl (C=O) groups is 1. The molecule has 0 aliphatic heterocycles. The second kappa shape index (κ2) is 8.05. The molecule has 4 aromatic carbocycles. The summed E-state index contributed by atoms with van der Waals surface area (Å²) < 4.78 is 0. The molecular formula is C25H17ClN4O. The zero-order chi connectivity index (χ0) is 21.2. The highest BCUT2D eigenvalue weighted by Gasteiger charge is 2.11. The van der Waals surface area contributed by atoms with Gasteiger partial charge in [0.25, 0.3) is 5.91 Å². The van der Waals surface area contributed by atoms with Crippen molar-refractivity contribution >= 4 is 45.3 Å². The van der Waals surface area contributed by atoms with E-state index in [1.54, 1.807) is 24.4 Å². The highest BCUT2D eigenvalue weighted by atomic mass is 35.5. The molecule has 0 saturated heterocycles. The van der Waals surface area contributed by atoms with E-state index in [9.17, 15) is 4.79 Å². The number of hydrogen-bond acceptors (Lipinski definition) is 3. The van der Waals surface area contributed by atoms with Crippen molar-refractivity contribution in [1.29, 1.82) is 0 Å². The Balaban J connectivity index is 1.41. The third-order valence-corrected chi connectivity index (χ3v) is 5.39. The highest BCUT2D eigenvalue weighted by molar-refractivity contribution is 6.30. The van der Waals surface area contributed by atoms with Crippen LogP contribution in [0.25, 0.3) is 32.8 Å². The fraction of sp³-hybridized carbons (Fsp3) is 0. The van der Waals surface area contributed by atoms with Crippen LogP contribution in [0.5, 0.6) is 0 Å². The number of benzene rings is 4.